The minimum Gasteiger partial charge on any atom is -0.387 e. The number of hydrogen-bond donors (Lipinski definition) is 2. The van der Waals surface area contributed by atoms with Crippen molar-refractivity contribution < 1.29 is 14.5 Å². The van der Waals surface area contributed by atoms with Crippen LogP contribution in [-0.4, -0.2) is 99.5 Å². The second kappa shape index (κ2) is 17.5. The molecule has 0 aromatic heterocycles. The first-order chi connectivity index (χ1) is 24.3. The van der Waals surface area contributed by atoms with Crippen LogP contribution in [0.25, 0.3) is 0 Å². The van der Waals surface area contributed by atoms with Gasteiger partial charge in [-0.3, -0.25) is 5.41 Å². The molecule has 310 valence electrons. The van der Waals surface area contributed by atoms with Gasteiger partial charge in [0.1, 0.15) is 5.84 Å². The fraction of sp³-hybridized carbons (Fsp3) is 0.953. The van der Waals surface area contributed by atoms with Crippen molar-refractivity contribution in [3.05, 3.63) is 0 Å². The number of rotatable bonds is 15. The van der Waals surface area contributed by atoms with Gasteiger partial charge in [-0.05, 0) is 146 Å². The summed E-state index contributed by atoms with van der Waals surface area (Å²) in [6.07, 6.45) is 14.4. The standard InChI is InChI=1S/C43H85N7O3/c1-18-31(32-25-38(2,3)48(51-15)39(4,5)26-32)23-21-19-20-22-24-35(33-27-40(6,7)49(52-16)41(8,9)28-33)36(44)46-37(45)47(14)34-29-42(10,11)50(53-17)43(12,13)30-34/h31-35H,18-30H2,1-17H3,(H3,44,45,46). The highest BCUT2D eigenvalue weighted by Crippen LogP contribution is 2.47. The van der Waals surface area contributed by atoms with Crippen LogP contribution >= 0.6 is 0 Å². The van der Waals surface area contributed by atoms with E-state index in [1.807, 2.05) is 19.1 Å². The molecule has 53 heavy (non-hydrogen) atoms. The lowest BCUT2D eigenvalue weighted by Gasteiger charge is -2.55. The highest BCUT2D eigenvalue weighted by Gasteiger charge is 2.50. The lowest BCUT2D eigenvalue weighted by molar-refractivity contribution is -0.274. The monoisotopic (exact) mass is 748 g/mol. The minimum absolute atomic E-state index is 0.0353. The van der Waals surface area contributed by atoms with Crippen LogP contribution in [0.15, 0.2) is 4.99 Å². The van der Waals surface area contributed by atoms with Gasteiger partial charge in [0.25, 0.3) is 0 Å². The topological polar surface area (TPSA) is 103 Å². The van der Waals surface area contributed by atoms with Gasteiger partial charge in [0.05, 0.1) is 21.3 Å². The van der Waals surface area contributed by atoms with E-state index < -0.39 is 0 Å². The maximum atomic E-state index is 9.20. The first-order valence-corrected chi connectivity index (χ1v) is 21.0. The van der Waals surface area contributed by atoms with Gasteiger partial charge in [0.2, 0.25) is 5.96 Å². The van der Waals surface area contributed by atoms with Gasteiger partial charge in [-0.25, -0.2) is 4.99 Å². The third-order valence-electron chi connectivity index (χ3n) is 13.5. The van der Waals surface area contributed by atoms with Crippen molar-refractivity contribution in [1.29, 1.82) is 5.41 Å². The van der Waals surface area contributed by atoms with Crippen molar-refractivity contribution in [3.63, 3.8) is 0 Å². The SMILES string of the molecule is CCC(CCCCCCC(C(N)=NC(=N)N(C)C1CC(C)(C)N(OC)C(C)(C)C1)C1CC(C)(C)N(OC)C(C)(C)C1)C1CC(C)(C)N(OC)C(C)(C)C1. The molecule has 0 aromatic rings. The summed E-state index contributed by atoms with van der Waals surface area (Å²) in [4.78, 5) is 24.7. The van der Waals surface area contributed by atoms with Crippen LogP contribution in [-0.2, 0) is 14.5 Å². The van der Waals surface area contributed by atoms with Gasteiger partial charge in [0.15, 0.2) is 0 Å². The molecular formula is C43H85N7O3. The highest BCUT2D eigenvalue weighted by molar-refractivity contribution is 5.95. The summed E-state index contributed by atoms with van der Waals surface area (Å²) in [6.45, 7) is 29.8. The fourth-order valence-corrected chi connectivity index (χ4v) is 12.2. The number of guanidine groups is 1. The normalized spacial score (nSPS) is 26.7. The Labute approximate surface area is 326 Å². The largest absolute Gasteiger partial charge is 0.387 e. The van der Waals surface area contributed by atoms with Gasteiger partial charge >= 0.3 is 0 Å². The first kappa shape index (κ1) is 46.1. The van der Waals surface area contributed by atoms with Crippen molar-refractivity contribution in [3.8, 4) is 0 Å². The molecule has 3 fully saturated rings. The lowest BCUT2D eigenvalue weighted by atomic mass is 9.68. The van der Waals surface area contributed by atoms with Crippen LogP contribution in [0.4, 0.5) is 0 Å². The summed E-state index contributed by atoms with van der Waals surface area (Å²) in [6, 6.07) is 0.160. The molecule has 3 aliphatic rings. The summed E-state index contributed by atoms with van der Waals surface area (Å²) in [5.74, 6) is 2.82. The molecule has 2 unspecified atom stereocenters. The number of hydrogen-bond acceptors (Lipinski definition) is 7. The van der Waals surface area contributed by atoms with Crippen LogP contribution in [0, 0.1) is 29.1 Å². The van der Waals surface area contributed by atoms with Crippen molar-refractivity contribution >= 4 is 11.8 Å². The molecule has 0 radical (unpaired) electrons. The summed E-state index contributed by atoms with van der Waals surface area (Å²) >= 11 is 0. The Morgan fingerprint density at radius 2 is 1.00 bits per heavy atom. The number of amidine groups is 1. The lowest BCUT2D eigenvalue weighted by Crippen LogP contribution is -2.63. The zero-order valence-corrected chi connectivity index (χ0v) is 37.6. The number of nitrogens with zero attached hydrogens (tertiary/aromatic N) is 5. The number of piperidine rings is 3. The number of nitrogens with two attached hydrogens (primary N) is 1. The van der Waals surface area contributed by atoms with E-state index in [0.29, 0.717) is 11.8 Å². The number of unbranched alkanes of at least 4 members (excludes halogenated alkanes) is 3. The van der Waals surface area contributed by atoms with E-state index in [0.717, 1.165) is 50.4 Å². The molecule has 3 heterocycles. The Hall–Kier alpha value is -1.30. The molecule has 0 saturated carbocycles. The van der Waals surface area contributed by atoms with Gasteiger partial charge in [-0.15, -0.1) is 0 Å². The van der Waals surface area contributed by atoms with Crippen LogP contribution < -0.4 is 5.73 Å². The van der Waals surface area contributed by atoms with Gasteiger partial charge in [-0.2, -0.15) is 15.2 Å². The molecule has 10 nitrogen and oxygen atoms in total. The molecule has 3 aliphatic heterocycles. The van der Waals surface area contributed by atoms with E-state index in [-0.39, 0.29) is 51.2 Å². The smallest absolute Gasteiger partial charge is 0.219 e. The second-order valence-corrected chi connectivity index (χ2v) is 20.9. The summed E-state index contributed by atoms with van der Waals surface area (Å²) in [5.41, 5.74) is 6.49. The molecule has 3 saturated heterocycles. The third kappa shape index (κ3) is 10.8. The molecule has 3 rings (SSSR count). The average Bonchev–Trinajstić information content (AvgIpc) is 2.98. The Kier molecular flexibility index (Phi) is 15.2. The molecule has 2 atom stereocenters. The van der Waals surface area contributed by atoms with Gasteiger partial charge in [0, 0.05) is 52.2 Å². The molecule has 10 heteroatoms. The summed E-state index contributed by atoms with van der Waals surface area (Å²) in [7, 11) is 7.40. The van der Waals surface area contributed by atoms with E-state index in [1.165, 1.54) is 44.9 Å². The van der Waals surface area contributed by atoms with E-state index in [9.17, 15) is 5.41 Å². The predicted octanol–water partition coefficient (Wildman–Crippen LogP) is 9.44. The zero-order valence-electron chi connectivity index (χ0n) is 37.6. The maximum absolute atomic E-state index is 9.20. The maximum Gasteiger partial charge on any atom is 0.219 e. The van der Waals surface area contributed by atoms with Crippen molar-refractivity contribution in [2.24, 2.45) is 34.4 Å². The summed E-state index contributed by atoms with van der Waals surface area (Å²) < 4.78 is 0. The van der Waals surface area contributed by atoms with Crippen molar-refractivity contribution in [1.82, 2.24) is 20.1 Å². The minimum atomic E-state index is -0.175. The van der Waals surface area contributed by atoms with Crippen LogP contribution in [0.2, 0.25) is 0 Å². The van der Waals surface area contributed by atoms with E-state index in [2.05, 4.69) is 105 Å². The highest BCUT2D eigenvalue weighted by atomic mass is 16.7. The van der Waals surface area contributed by atoms with Gasteiger partial charge < -0.3 is 25.1 Å². The quantitative estimate of drug-likeness (QED) is 0.0971. The molecule has 3 N–H and O–H groups in total. The number of nitrogens with one attached hydrogen (secondary N) is 1. The third-order valence-corrected chi connectivity index (χ3v) is 13.5. The predicted molar refractivity (Wildman–Crippen MR) is 222 cm³/mol. The molecular weight excluding hydrogens is 663 g/mol. The van der Waals surface area contributed by atoms with E-state index >= 15 is 0 Å². The average molecular weight is 748 g/mol. The van der Waals surface area contributed by atoms with E-state index in [4.69, 9.17) is 25.2 Å². The fourth-order valence-electron chi connectivity index (χ4n) is 12.2. The summed E-state index contributed by atoms with van der Waals surface area (Å²) in [5, 5.41) is 15.7. The second-order valence-electron chi connectivity index (χ2n) is 20.9. The van der Waals surface area contributed by atoms with Crippen molar-refractivity contribution in [2.45, 2.75) is 213 Å². The first-order valence-electron chi connectivity index (χ1n) is 21.0. The Morgan fingerprint density at radius 1 is 0.642 bits per heavy atom. The zero-order chi connectivity index (χ0) is 40.4. The van der Waals surface area contributed by atoms with Crippen LogP contribution in [0.3, 0.4) is 0 Å². The van der Waals surface area contributed by atoms with E-state index in [1.54, 1.807) is 14.2 Å². The number of hydroxylamine groups is 6. The number of aliphatic imine (C=N–C) groups is 1. The van der Waals surface area contributed by atoms with Gasteiger partial charge in [-0.1, -0.05) is 45.4 Å². The van der Waals surface area contributed by atoms with Crippen LogP contribution in [0.1, 0.15) is 173 Å². The van der Waals surface area contributed by atoms with Crippen LogP contribution in [0.5, 0.6) is 0 Å². The van der Waals surface area contributed by atoms with Crippen molar-refractivity contribution in [2.75, 3.05) is 28.4 Å². The molecule has 0 amide bonds. The Morgan fingerprint density at radius 3 is 1.38 bits per heavy atom. The molecule has 0 spiro atoms. The Balaban J connectivity index is 1.72. The Bertz CT molecular complexity index is 1170. The molecule has 0 aliphatic carbocycles. The molecule has 0 bridgehead atoms. The molecule has 0 aromatic carbocycles.